The van der Waals surface area contributed by atoms with Gasteiger partial charge in [-0.2, -0.15) is 0 Å². The Morgan fingerprint density at radius 1 is 1.44 bits per heavy atom. The standard InChI is InChI=1S/C19H30N2O4/c1-3-9-19(14-22)13-21(10-8-17(19)23)12-18(24)20-11-15-6-4-5-7-16(15)25-2/h4-7,17,22-23H,3,8-14H2,1-2H3,(H,20,24)/t17-,19+/m1/s1. The highest BCUT2D eigenvalue weighted by molar-refractivity contribution is 5.78. The second-order valence-electron chi connectivity index (χ2n) is 6.87. The molecule has 2 atom stereocenters. The number of ether oxygens (including phenoxy) is 1. The Morgan fingerprint density at radius 2 is 2.20 bits per heavy atom. The van der Waals surface area contributed by atoms with Crippen molar-refractivity contribution < 1.29 is 19.7 Å². The molecule has 0 aliphatic carbocycles. The molecule has 0 bridgehead atoms. The molecule has 0 radical (unpaired) electrons. The first-order valence-electron chi connectivity index (χ1n) is 8.94. The van der Waals surface area contributed by atoms with E-state index in [1.165, 1.54) is 0 Å². The number of aliphatic hydroxyl groups excluding tert-OH is 2. The average molecular weight is 350 g/mol. The van der Waals surface area contributed by atoms with Gasteiger partial charge in [-0.05, 0) is 18.9 Å². The Kier molecular flexibility index (Phi) is 7.23. The normalized spacial score (nSPS) is 24.1. The van der Waals surface area contributed by atoms with Gasteiger partial charge in [-0.15, -0.1) is 0 Å². The molecular formula is C19H30N2O4. The summed E-state index contributed by atoms with van der Waals surface area (Å²) < 4.78 is 5.29. The molecule has 140 valence electrons. The summed E-state index contributed by atoms with van der Waals surface area (Å²) in [7, 11) is 1.61. The number of para-hydroxylation sites is 1. The van der Waals surface area contributed by atoms with Crippen molar-refractivity contribution in [3.8, 4) is 5.75 Å². The van der Waals surface area contributed by atoms with Gasteiger partial charge < -0.3 is 20.3 Å². The van der Waals surface area contributed by atoms with Crippen molar-refractivity contribution in [2.45, 2.75) is 38.8 Å². The van der Waals surface area contributed by atoms with Gasteiger partial charge in [0.05, 0.1) is 26.4 Å². The fraction of sp³-hybridized carbons (Fsp3) is 0.632. The smallest absolute Gasteiger partial charge is 0.234 e. The van der Waals surface area contributed by atoms with Gasteiger partial charge in [-0.3, -0.25) is 9.69 Å². The summed E-state index contributed by atoms with van der Waals surface area (Å²) in [5.74, 6) is 0.691. The van der Waals surface area contributed by atoms with Crippen LogP contribution in [0.1, 0.15) is 31.7 Å². The zero-order chi connectivity index (χ0) is 18.3. The van der Waals surface area contributed by atoms with Gasteiger partial charge in [0.2, 0.25) is 5.91 Å². The number of likely N-dealkylation sites (tertiary alicyclic amines) is 1. The first-order chi connectivity index (χ1) is 12.0. The lowest BCUT2D eigenvalue weighted by molar-refractivity contribution is -0.126. The topological polar surface area (TPSA) is 82.0 Å². The van der Waals surface area contributed by atoms with E-state index < -0.39 is 11.5 Å². The van der Waals surface area contributed by atoms with Gasteiger partial charge in [0.15, 0.2) is 0 Å². The van der Waals surface area contributed by atoms with E-state index in [1.54, 1.807) is 7.11 Å². The summed E-state index contributed by atoms with van der Waals surface area (Å²) in [5, 5.41) is 23.0. The van der Waals surface area contributed by atoms with Crippen LogP contribution in [0, 0.1) is 5.41 Å². The first kappa shape index (κ1) is 19.7. The largest absolute Gasteiger partial charge is 0.496 e. The van der Waals surface area contributed by atoms with E-state index in [0.717, 1.165) is 24.2 Å². The average Bonchev–Trinajstić information content (AvgIpc) is 2.63. The zero-order valence-corrected chi connectivity index (χ0v) is 15.2. The van der Waals surface area contributed by atoms with Crippen LogP contribution in [0.25, 0.3) is 0 Å². The maximum atomic E-state index is 12.3. The number of methoxy groups -OCH3 is 1. The number of hydrogen-bond acceptors (Lipinski definition) is 5. The number of hydrogen-bond donors (Lipinski definition) is 3. The monoisotopic (exact) mass is 350 g/mol. The lowest BCUT2D eigenvalue weighted by atomic mass is 9.74. The van der Waals surface area contributed by atoms with Gasteiger partial charge in [-0.1, -0.05) is 31.5 Å². The molecule has 1 amide bonds. The predicted octanol–water partition coefficient (Wildman–Crippen LogP) is 1.16. The number of rotatable bonds is 8. The van der Waals surface area contributed by atoms with E-state index in [0.29, 0.717) is 26.1 Å². The van der Waals surface area contributed by atoms with Crippen molar-refractivity contribution in [1.29, 1.82) is 0 Å². The molecule has 1 heterocycles. The molecule has 6 heteroatoms. The van der Waals surface area contributed by atoms with Crippen LogP contribution in [0.15, 0.2) is 24.3 Å². The van der Waals surface area contributed by atoms with E-state index >= 15 is 0 Å². The fourth-order valence-corrected chi connectivity index (χ4v) is 3.66. The predicted molar refractivity (Wildman–Crippen MR) is 96.3 cm³/mol. The van der Waals surface area contributed by atoms with Gasteiger partial charge >= 0.3 is 0 Å². The first-order valence-corrected chi connectivity index (χ1v) is 8.94. The minimum atomic E-state index is -0.518. The third-order valence-corrected chi connectivity index (χ3v) is 5.06. The van der Waals surface area contributed by atoms with Crippen LogP contribution < -0.4 is 10.1 Å². The van der Waals surface area contributed by atoms with Crippen LogP contribution in [0.2, 0.25) is 0 Å². The maximum absolute atomic E-state index is 12.3. The molecule has 2 rings (SSSR count). The second-order valence-corrected chi connectivity index (χ2v) is 6.87. The van der Waals surface area contributed by atoms with E-state index in [9.17, 15) is 15.0 Å². The lowest BCUT2D eigenvalue weighted by Gasteiger charge is -2.45. The summed E-state index contributed by atoms with van der Waals surface area (Å²) in [6.07, 6.45) is 1.72. The fourth-order valence-electron chi connectivity index (χ4n) is 3.66. The van der Waals surface area contributed by atoms with Gasteiger partial charge in [0.1, 0.15) is 5.75 Å². The SMILES string of the molecule is CCC[C@@]1(CO)CN(CC(=O)NCc2ccccc2OC)CC[C@H]1O. The molecule has 0 aromatic heterocycles. The number of carbonyl (C=O) groups is 1. The number of piperidine rings is 1. The Labute approximate surface area is 149 Å². The third kappa shape index (κ3) is 4.93. The van der Waals surface area contributed by atoms with E-state index in [2.05, 4.69) is 5.32 Å². The molecule has 25 heavy (non-hydrogen) atoms. The number of nitrogens with zero attached hydrogens (tertiary/aromatic N) is 1. The van der Waals surface area contributed by atoms with Crippen LogP contribution in [0.5, 0.6) is 5.75 Å². The highest BCUT2D eigenvalue weighted by Gasteiger charge is 2.41. The molecular weight excluding hydrogens is 320 g/mol. The van der Waals surface area contributed by atoms with Crippen molar-refractivity contribution in [3.05, 3.63) is 29.8 Å². The van der Waals surface area contributed by atoms with Crippen molar-refractivity contribution in [2.24, 2.45) is 5.41 Å². The van der Waals surface area contributed by atoms with Gasteiger partial charge in [-0.25, -0.2) is 0 Å². The Morgan fingerprint density at radius 3 is 2.88 bits per heavy atom. The summed E-state index contributed by atoms with van der Waals surface area (Å²) in [6.45, 7) is 3.88. The molecule has 1 aromatic rings. The molecule has 0 unspecified atom stereocenters. The van der Waals surface area contributed by atoms with E-state index in [1.807, 2.05) is 36.1 Å². The second kappa shape index (κ2) is 9.17. The third-order valence-electron chi connectivity index (χ3n) is 5.06. The molecule has 1 saturated heterocycles. The number of amides is 1. The summed E-state index contributed by atoms with van der Waals surface area (Å²) >= 11 is 0. The highest BCUT2D eigenvalue weighted by Crippen LogP contribution is 2.34. The van der Waals surface area contributed by atoms with E-state index in [-0.39, 0.29) is 19.1 Å². The number of carbonyl (C=O) groups excluding carboxylic acids is 1. The molecule has 6 nitrogen and oxygen atoms in total. The van der Waals surface area contributed by atoms with Gasteiger partial charge in [0.25, 0.3) is 0 Å². The highest BCUT2D eigenvalue weighted by atomic mass is 16.5. The summed E-state index contributed by atoms with van der Waals surface area (Å²) in [4.78, 5) is 14.3. The molecule has 1 aliphatic heterocycles. The van der Waals surface area contributed by atoms with Crippen LogP contribution >= 0.6 is 0 Å². The van der Waals surface area contributed by atoms with Crippen LogP contribution in [-0.4, -0.2) is 60.5 Å². The lowest BCUT2D eigenvalue weighted by Crippen LogP contribution is -2.55. The number of aliphatic hydroxyl groups is 2. The number of nitrogens with one attached hydrogen (secondary N) is 1. The van der Waals surface area contributed by atoms with Crippen molar-refractivity contribution >= 4 is 5.91 Å². The zero-order valence-electron chi connectivity index (χ0n) is 15.2. The van der Waals surface area contributed by atoms with Crippen LogP contribution in [0.4, 0.5) is 0 Å². The Bertz CT molecular complexity index is 566. The van der Waals surface area contributed by atoms with Gasteiger partial charge in [0, 0.05) is 30.6 Å². The minimum Gasteiger partial charge on any atom is -0.496 e. The maximum Gasteiger partial charge on any atom is 0.234 e. The van der Waals surface area contributed by atoms with Crippen molar-refractivity contribution in [2.75, 3.05) is 33.4 Å². The van der Waals surface area contributed by atoms with Crippen LogP contribution in [0.3, 0.4) is 0 Å². The van der Waals surface area contributed by atoms with Crippen molar-refractivity contribution in [3.63, 3.8) is 0 Å². The quantitative estimate of drug-likeness (QED) is 0.655. The molecule has 3 N–H and O–H groups in total. The Balaban J connectivity index is 1.89. The molecule has 1 fully saturated rings. The molecule has 1 aliphatic rings. The minimum absolute atomic E-state index is 0.0542. The van der Waals surface area contributed by atoms with Crippen molar-refractivity contribution in [1.82, 2.24) is 10.2 Å². The summed E-state index contributed by atoms with van der Waals surface area (Å²) in [5.41, 5.74) is 0.416. The Hall–Kier alpha value is -1.63. The van der Waals surface area contributed by atoms with E-state index in [4.69, 9.17) is 4.74 Å². The number of benzene rings is 1. The molecule has 0 saturated carbocycles. The summed E-state index contributed by atoms with van der Waals surface area (Å²) in [6, 6.07) is 7.60. The molecule has 1 aromatic carbocycles. The van der Waals surface area contributed by atoms with Crippen LogP contribution in [-0.2, 0) is 11.3 Å². The molecule has 0 spiro atoms.